The molecule has 1 aromatic carbocycles. The van der Waals surface area contributed by atoms with Gasteiger partial charge in [-0.25, -0.2) is 4.39 Å². The molecule has 0 bridgehead atoms. The Balaban J connectivity index is 2.17. The molecule has 1 aromatic rings. The van der Waals surface area contributed by atoms with Gasteiger partial charge in [0.05, 0.1) is 5.69 Å². The highest BCUT2D eigenvalue weighted by atomic mass is 19.1. The molecule has 98 valence electrons. The fraction of sp³-hybridized carbons (Fsp3) is 0.533. The highest BCUT2D eigenvalue weighted by molar-refractivity contribution is 5.76. The van der Waals surface area contributed by atoms with Crippen molar-refractivity contribution in [2.24, 2.45) is 5.92 Å². The summed E-state index contributed by atoms with van der Waals surface area (Å²) >= 11 is 0. The molecule has 0 saturated heterocycles. The van der Waals surface area contributed by atoms with Gasteiger partial charge in [0, 0.05) is 18.2 Å². The first-order valence-electron chi connectivity index (χ1n) is 6.63. The molecule has 0 aliphatic heterocycles. The van der Waals surface area contributed by atoms with Gasteiger partial charge in [0.2, 0.25) is 0 Å². The summed E-state index contributed by atoms with van der Waals surface area (Å²) in [4.78, 5) is 12.8. The van der Waals surface area contributed by atoms with Gasteiger partial charge in [-0.3, -0.25) is 4.79 Å². The fourth-order valence-corrected chi connectivity index (χ4v) is 2.11. The van der Waals surface area contributed by atoms with Crippen molar-refractivity contribution in [3.05, 3.63) is 29.6 Å². The van der Waals surface area contributed by atoms with Crippen molar-refractivity contribution in [3.63, 3.8) is 0 Å². The molecule has 1 aliphatic rings. The second-order valence-corrected chi connectivity index (χ2v) is 5.44. The molecule has 2 rings (SSSR count). The van der Waals surface area contributed by atoms with Crippen LogP contribution in [0.5, 0.6) is 0 Å². The Morgan fingerprint density at radius 3 is 2.67 bits per heavy atom. The predicted octanol–water partition coefficient (Wildman–Crippen LogP) is 3.65. The molecule has 0 amide bonds. The summed E-state index contributed by atoms with van der Waals surface area (Å²) in [5.74, 6) is 0.332. The summed E-state index contributed by atoms with van der Waals surface area (Å²) in [5, 5.41) is 0. The second kappa shape index (κ2) is 5.51. The third-order valence-electron chi connectivity index (χ3n) is 3.35. The quantitative estimate of drug-likeness (QED) is 0.717. The summed E-state index contributed by atoms with van der Waals surface area (Å²) in [5.41, 5.74) is 1.04. The number of hydrogen-bond acceptors (Lipinski definition) is 2. The number of rotatable bonds is 6. The van der Waals surface area contributed by atoms with Crippen molar-refractivity contribution >= 4 is 12.0 Å². The van der Waals surface area contributed by atoms with Crippen LogP contribution in [0.25, 0.3) is 0 Å². The zero-order chi connectivity index (χ0) is 13.1. The van der Waals surface area contributed by atoms with E-state index in [-0.39, 0.29) is 5.82 Å². The zero-order valence-corrected chi connectivity index (χ0v) is 11.0. The third-order valence-corrected chi connectivity index (χ3v) is 3.35. The number of halogens is 1. The smallest absolute Gasteiger partial charge is 0.150 e. The minimum atomic E-state index is -0.282. The number of aldehydes is 1. The minimum Gasteiger partial charge on any atom is -0.366 e. The van der Waals surface area contributed by atoms with E-state index in [0.717, 1.165) is 25.8 Å². The van der Waals surface area contributed by atoms with Crippen molar-refractivity contribution in [3.8, 4) is 0 Å². The fourth-order valence-electron chi connectivity index (χ4n) is 2.11. The van der Waals surface area contributed by atoms with E-state index in [1.54, 1.807) is 12.1 Å². The third kappa shape index (κ3) is 3.09. The lowest BCUT2D eigenvalue weighted by Crippen LogP contribution is -2.28. The van der Waals surface area contributed by atoms with Crippen LogP contribution in [0.1, 0.15) is 43.5 Å². The van der Waals surface area contributed by atoms with Crippen molar-refractivity contribution < 1.29 is 9.18 Å². The Kier molecular flexibility index (Phi) is 4.00. The summed E-state index contributed by atoms with van der Waals surface area (Å²) in [7, 11) is 0. The van der Waals surface area contributed by atoms with E-state index >= 15 is 0 Å². The van der Waals surface area contributed by atoms with Crippen LogP contribution in [0.2, 0.25) is 0 Å². The van der Waals surface area contributed by atoms with Crippen LogP contribution in [0.15, 0.2) is 18.2 Å². The number of carbonyl (C=O) groups is 1. The van der Waals surface area contributed by atoms with Crippen molar-refractivity contribution in [1.82, 2.24) is 0 Å². The maximum atomic E-state index is 14.0. The van der Waals surface area contributed by atoms with Gasteiger partial charge >= 0.3 is 0 Å². The number of benzene rings is 1. The van der Waals surface area contributed by atoms with Gasteiger partial charge in [0.25, 0.3) is 0 Å². The molecule has 0 aromatic heterocycles. The Bertz CT molecular complexity index is 427. The number of hydrogen-bond donors (Lipinski definition) is 0. The predicted molar refractivity (Wildman–Crippen MR) is 71.6 cm³/mol. The van der Waals surface area contributed by atoms with E-state index in [4.69, 9.17) is 0 Å². The summed E-state index contributed by atoms with van der Waals surface area (Å²) in [6.07, 6.45) is 4.04. The number of carbonyl (C=O) groups excluding carboxylic acids is 1. The molecule has 1 aliphatic carbocycles. The molecule has 0 atom stereocenters. The standard InChI is InChI=1S/C15H20FNO/c1-11(2)7-8-17(13-4-5-13)15-6-3-12(10-18)9-14(15)16/h3,6,9-11,13H,4-5,7-8H2,1-2H3. The first kappa shape index (κ1) is 13.1. The second-order valence-electron chi connectivity index (χ2n) is 5.44. The lowest BCUT2D eigenvalue weighted by atomic mass is 10.1. The Morgan fingerprint density at radius 1 is 1.44 bits per heavy atom. The maximum absolute atomic E-state index is 14.0. The van der Waals surface area contributed by atoms with E-state index < -0.39 is 0 Å². The van der Waals surface area contributed by atoms with Gasteiger partial charge in [0.15, 0.2) is 0 Å². The Hall–Kier alpha value is -1.38. The maximum Gasteiger partial charge on any atom is 0.150 e. The van der Waals surface area contributed by atoms with Gasteiger partial charge in [0.1, 0.15) is 12.1 Å². The lowest BCUT2D eigenvalue weighted by Gasteiger charge is -2.26. The van der Waals surface area contributed by atoms with Crippen LogP contribution >= 0.6 is 0 Å². The summed E-state index contributed by atoms with van der Waals surface area (Å²) in [6.45, 7) is 5.24. The molecule has 2 nitrogen and oxygen atoms in total. The lowest BCUT2D eigenvalue weighted by molar-refractivity contribution is 0.112. The van der Waals surface area contributed by atoms with Crippen LogP contribution < -0.4 is 4.90 Å². The van der Waals surface area contributed by atoms with E-state index in [2.05, 4.69) is 18.7 Å². The van der Waals surface area contributed by atoms with Crippen molar-refractivity contribution in [2.45, 2.75) is 39.2 Å². The van der Waals surface area contributed by atoms with Crippen LogP contribution in [-0.4, -0.2) is 18.9 Å². The largest absolute Gasteiger partial charge is 0.366 e. The van der Waals surface area contributed by atoms with Gasteiger partial charge in [-0.05, 0) is 43.4 Å². The normalized spacial score (nSPS) is 14.9. The average molecular weight is 249 g/mol. The number of anilines is 1. The molecular formula is C15H20FNO. The number of nitrogens with zero attached hydrogens (tertiary/aromatic N) is 1. The summed E-state index contributed by atoms with van der Waals surface area (Å²) in [6, 6.07) is 5.24. The average Bonchev–Trinajstić information content (AvgIpc) is 3.15. The molecule has 0 radical (unpaired) electrons. The SMILES string of the molecule is CC(C)CCN(c1ccc(C=O)cc1F)C1CC1. The topological polar surface area (TPSA) is 20.3 Å². The van der Waals surface area contributed by atoms with E-state index in [1.807, 2.05) is 0 Å². The van der Waals surface area contributed by atoms with Gasteiger partial charge < -0.3 is 4.90 Å². The highest BCUT2D eigenvalue weighted by Crippen LogP contribution is 2.33. The van der Waals surface area contributed by atoms with Crippen molar-refractivity contribution in [2.75, 3.05) is 11.4 Å². The van der Waals surface area contributed by atoms with Gasteiger partial charge in [-0.2, -0.15) is 0 Å². The zero-order valence-electron chi connectivity index (χ0n) is 11.0. The Morgan fingerprint density at radius 2 is 2.17 bits per heavy atom. The van der Waals surface area contributed by atoms with E-state index in [1.165, 1.54) is 6.07 Å². The first-order chi connectivity index (χ1) is 8.61. The molecule has 18 heavy (non-hydrogen) atoms. The van der Waals surface area contributed by atoms with Crippen LogP contribution in [0, 0.1) is 11.7 Å². The molecule has 1 fully saturated rings. The molecule has 3 heteroatoms. The van der Waals surface area contributed by atoms with Crippen LogP contribution in [0.4, 0.5) is 10.1 Å². The molecule has 0 N–H and O–H groups in total. The first-order valence-corrected chi connectivity index (χ1v) is 6.63. The molecule has 0 spiro atoms. The molecule has 0 unspecified atom stereocenters. The molecule has 0 heterocycles. The molecular weight excluding hydrogens is 229 g/mol. The molecule has 1 saturated carbocycles. The highest BCUT2D eigenvalue weighted by Gasteiger charge is 2.30. The van der Waals surface area contributed by atoms with Crippen LogP contribution in [0.3, 0.4) is 0 Å². The summed E-state index contributed by atoms with van der Waals surface area (Å²) < 4.78 is 14.0. The van der Waals surface area contributed by atoms with Gasteiger partial charge in [-0.1, -0.05) is 13.8 Å². The van der Waals surface area contributed by atoms with Crippen molar-refractivity contribution in [1.29, 1.82) is 0 Å². The van der Waals surface area contributed by atoms with Crippen LogP contribution in [-0.2, 0) is 0 Å². The van der Waals surface area contributed by atoms with E-state index in [0.29, 0.717) is 29.5 Å². The van der Waals surface area contributed by atoms with E-state index in [9.17, 15) is 9.18 Å². The monoisotopic (exact) mass is 249 g/mol. The minimum absolute atomic E-state index is 0.282. The Labute approximate surface area is 108 Å². The van der Waals surface area contributed by atoms with Gasteiger partial charge in [-0.15, -0.1) is 0 Å².